The maximum atomic E-state index is 7.50. The van der Waals surface area contributed by atoms with Crippen molar-refractivity contribution >= 4 is 0 Å². The average molecular weight is 248 g/mol. The van der Waals surface area contributed by atoms with Crippen molar-refractivity contribution in [1.82, 2.24) is 0 Å². The van der Waals surface area contributed by atoms with Crippen LogP contribution in [-0.4, -0.2) is 0 Å². The van der Waals surface area contributed by atoms with Gasteiger partial charge in [0.1, 0.15) is 0 Å². The third-order valence-electron chi connectivity index (χ3n) is 0. The zero-order valence-corrected chi connectivity index (χ0v) is 8.04. The van der Waals surface area contributed by atoms with Crippen molar-refractivity contribution < 1.29 is 49.9 Å². The average Bonchev–Trinajstić information content (AvgIpc) is 2.45. The third-order valence-corrected chi connectivity index (χ3v) is 0. The molecule has 0 unspecified atom stereocenters. The van der Waals surface area contributed by atoms with Crippen molar-refractivity contribution in [2.75, 3.05) is 0 Å². The van der Waals surface area contributed by atoms with Crippen LogP contribution in [0.15, 0.2) is 0 Å². The Kier molecular flexibility index (Phi) is 4760. The molecule has 0 aromatic heterocycles. The molecule has 0 aliphatic carbocycles. The monoisotopic (exact) mass is 248 g/mol. The normalized spacial score (nSPS) is 0.933. The van der Waals surface area contributed by atoms with E-state index in [0.29, 0.717) is 0 Å². The molecule has 15 heavy (non-hydrogen) atoms. The molecule has 0 saturated carbocycles. The first kappa shape index (κ1) is 67.9. The molecule has 0 rings (SSSR count). The second-order valence-corrected chi connectivity index (χ2v) is 0. The van der Waals surface area contributed by atoms with Crippen LogP contribution in [0.1, 0.15) is 0 Å². The van der Waals surface area contributed by atoms with E-state index in [1.165, 1.54) is 0 Å². The minimum atomic E-state index is 0. The summed E-state index contributed by atoms with van der Waals surface area (Å²) in [6.07, 6.45) is 0. The fourth-order valence-corrected chi connectivity index (χ4v) is 0. The Morgan fingerprint density at radius 1 is 0.267 bits per heavy atom. The summed E-state index contributed by atoms with van der Waals surface area (Å²) in [6.45, 7) is 31.5. The van der Waals surface area contributed by atoms with Crippen LogP contribution in [0, 0.1) is 46.6 Å². The molecule has 0 atom stereocenters. The smallest absolute Gasteiger partial charge is 0 e. The molecule has 0 heterocycles. The van der Waals surface area contributed by atoms with Crippen molar-refractivity contribution in [1.29, 1.82) is 0 Å². The molecule has 0 aliphatic heterocycles. The quantitative estimate of drug-likeness (QED) is 0.411. The predicted octanol–water partition coefficient (Wildman–Crippen LogP) is -0.265. The molecule has 0 radical (unpaired) electrons. The number of hydrogen-bond donors (Lipinski definition) is 0. The van der Waals surface area contributed by atoms with E-state index in [0.717, 1.165) is 0 Å². The minimum absolute atomic E-state index is 0. The van der Waals surface area contributed by atoms with Gasteiger partial charge < -0.3 is 0 Å². The van der Waals surface area contributed by atoms with E-state index < -0.39 is 0 Å². The maximum absolute atomic E-state index is 7.50. The van der Waals surface area contributed by atoms with Crippen molar-refractivity contribution in [3.63, 3.8) is 0 Å². The Balaban J connectivity index is -0.00000000628. The first-order valence-corrected chi connectivity index (χ1v) is 1.43. The van der Waals surface area contributed by atoms with Gasteiger partial charge in [-0.2, -0.15) is 0 Å². The molecule has 0 saturated heterocycles. The van der Waals surface area contributed by atoms with Crippen LogP contribution in [-0.2, 0) is 49.9 Å². The van der Waals surface area contributed by atoms with Gasteiger partial charge in [0.05, 0.1) is 0 Å². The SMILES string of the molecule is [C-]#[O+].[C-]#[O+].[C-]#[O+].[C-]#[O+].[C-]#[O+].[C-]#[O+].[C-]#[O+].[Cr]. The van der Waals surface area contributed by atoms with Crippen LogP contribution >= 0.6 is 0 Å². The molecule has 0 aliphatic rings. The van der Waals surface area contributed by atoms with Crippen LogP contribution in [0.2, 0.25) is 0 Å². The molecular formula is C7CrO7. The second kappa shape index (κ2) is 1050. The van der Waals surface area contributed by atoms with Gasteiger partial charge in [0.25, 0.3) is 0 Å². The molecule has 8 heteroatoms. The summed E-state index contributed by atoms with van der Waals surface area (Å²) in [5, 5.41) is 0. The van der Waals surface area contributed by atoms with Crippen molar-refractivity contribution in [2.45, 2.75) is 0 Å². The van der Waals surface area contributed by atoms with Crippen LogP contribution in [0.25, 0.3) is 0 Å². The predicted molar refractivity (Wildman–Crippen MR) is 27.5 cm³/mol. The van der Waals surface area contributed by atoms with Gasteiger partial charge in [0.15, 0.2) is 0 Å². The number of hydrogen-bond acceptors (Lipinski definition) is 0. The zero-order chi connectivity index (χ0) is 14.0. The van der Waals surface area contributed by atoms with Gasteiger partial charge in [0.2, 0.25) is 0 Å². The topological polar surface area (TPSA) is 139 Å². The Bertz CT molecular complexity index is 112. The Labute approximate surface area is 97.0 Å². The standard InChI is InChI=1S/7CO.Cr/c7*1-2;. The largest absolute Gasteiger partial charge is 0 e. The van der Waals surface area contributed by atoms with E-state index in [1.54, 1.807) is 0 Å². The van der Waals surface area contributed by atoms with E-state index in [-0.39, 0.29) is 17.4 Å². The fourth-order valence-electron chi connectivity index (χ4n) is 0. The molecule has 0 N–H and O–H groups in total. The molecule has 0 amide bonds. The Hall–Kier alpha value is -1.29. The number of rotatable bonds is 0. The molecular weight excluding hydrogens is 248 g/mol. The van der Waals surface area contributed by atoms with E-state index >= 15 is 0 Å². The van der Waals surface area contributed by atoms with Gasteiger partial charge in [-0.05, 0) is 0 Å². The summed E-state index contributed by atoms with van der Waals surface area (Å²) in [6, 6.07) is 0. The molecule has 0 aromatic carbocycles. The fraction of sp³-hybridized carbons (Fsp3) is 0. The van der Waals surface area contributed by atoms with Gasteiger partial charge in [0, 0.05) is 17.4 Å². The van der Waals surface area contributed by atoms with Crippen LogP contribution in [0.3, 0.4) is 0 Å². The Morgan fingerprint density at radius 3 is 0.267 bits per heavy atom. The summed E-state index contributed by atoms with van der Waals surface area (Å²) in [5.74, 6) is 0. The van der Waals surface area contributed by atoms with Crippen molar-refractivity contribution in [2.24, 2.45) is 0 Å². The molecule has 0 bridgehead atoms. The molecule has 0 aromatic rings. The molecule has 7 nitrogen and oxygen atoms in total. The Morgan fingerprint density at radius 2 is 0.267 bits per heavy atom. The molecule has 0 fully saturated rings. The van der Waals surface area contributed by atoms with E-state index in [1.807, 2.05) is 0 Å². The van der Waals surface area contributed by atoms with Gasteiger partial charge in [-0.1, -0.05) is 0 Å². The van der Waals surface area contributed by atoms with E-state index in [9.17, 15) is 0 Å². The van der Waals surface area contributed by atoms with Crippen molar-refractivity contribution in [3.05, 3.63) is 46.6 Å². The van der Waals surface area contributed by atoms with Crippen LogP contribution in [0.4, 0.5) is 0 Å². The van der Waals surface area contributed by atoms with Crippen LogP contribution in [0.5, 0.6) is 0 Å². The van der Waals surface area contributed by atoms with Gasteiger partial charge in [-0.25, -0.2) is 0 Å². The summed E-state index contributed by atoms with van der Waals surface area (Å²) in [4.78, 5) is 0. The minimum Gasteiger partial charge on any atom is 0 e. The van der Waals surface area contributed by atoms with Crippen LogP contribution < -0.4 is 0 Å². The first-order valence-electron chi connectivity index (χ1n) is 1.43. The summed E-state index contributed by atoms with van der Waals surface area (Å²) >= 11 is 0. The summed E-state index contributed by atoms with van der Waals surface area (Å²) in [5.41, 5.74) is 0. The second-order valence-electron chi connectivity index (χ2n) is 0. The van der Waals surface area contributed by atoms with Gasteiger partial charge in [-0.3, -0.25) is 0 Å². The summed E-state index contributed by atoms with van der Waals surface area (Å²) in [7, 11) is 0. The molecule has 0 spiro atoms. The van der Waals surface area contributed by atoms with Gasteiger partial charge in [-0.15, -0.1) is 0 Å². The molecule has 76 valence electrons. The maximum Gasteiger partial charge on any atom is 0 e. The zero-order valence-electron chi connectivity index (χ0n) is 6.77. The van der Waals surface area contributed by atoms with E-state index in [2.05, 4.69) is 46.6 Å². The van der Waals surface area contributed by atoms with Gasteiger partial charge >= 0.3 is 79.1 Å². The summed E-state index contributed by atoms with van der Waals surface area (Å²) < 4.78 is 52.5. The van der Waals surface area contributed by atoms with E-state index in [4.69, 9.17) is 32.6 Å². The third kappa shape index (κ3) is 880. The first-order chi connectivity index (χ1) is 7.00. The van der Waals surface area contributed by atoms with Crippen molar-refractivity contribution in [3.8, 4) is 0 Å².